The van der Waals surface area contributed by atoms with E-state index in [2.05, 4.69) is 20.8 Å². The van der Waals surface area contributed by atoms with Gasteiger partial charge in [0.05, 0.1) is 18.4 Å². The molecule has 0 saturated carbocycles. The molecule has 2 N–H and O–H groups in total. The van der Waals surface area contributed by atoms with Crippen LogP contribution in [0.3, 0.4) is 0 Å². The molecule has 0 fully saturated rings. The lowest BCUT2D eigenvalue weighted by Crippen LogP contribution is -2.15. The Balaban J connectivity index is 1.56. The highest BCUT2D eigenvalue weighted by Gasteiger charge is 2.13. The van der Waals surface area contributed by atoms with Crippen molar-refractivity contribution in [1.82, 2.24) is 10.1 Å². The Kier molecular flexibility index (Phi) is 4.20. The summed E-state index contributed by atoms with van der Waals surface area (Å²) in [4.78, 5) is 27.9. The van der Waals surface area contributed by atoms with Crippen LogP contribution >= 0.6 is 11.3 Å². The number of rotatable bonds is 5. The van der Waals surface area contributed by atoms with E-state index in [1.807, 2.05) is 0 Å². The van der Waals surface area contributed by atoms with E-state index in [1.165, 1.54) is 17.6 Å². The molecular formula is C14H12N4O4S. The largest absolute Gasteiger partial charge is 0.459 e. The number of nitrogens with zero attached hydrogens (tertiary/aromatic N) is 2. The Hall–Kier alpha value is -2.94. The molecule has 0 unspecified atom stereocenters. The fourth-order valence-electron chi connectivity index (χ4n) is 1.79. The van der Waals surface area contributed by atoms with E-state index < -0.39 is 5.91 Å². The van der Waals surface area contributed by atoms with Crippen molar-refractivity contribution >= 4 is 34.1 Å². The summed E-state index contributed by atoms with van der Waals surface area (Å²) >= 11 is 1.23. The molecule has 23 heavy (non-hydrogen) atoms. The van der Waals surface area contributed by atoms with Crippen LogP contribution in [-0.2, 0) is 11.2 Å². The molecule has 3 rings (SSSR count). The maximum atomic E-state index is 11.9. The summed E-state index contributed by atoms with van der Waals surface area (Å²) in [5.41, 5.74) is 0.544. The van der Waals surface area contributed by atoms with Crippen LogP contribution in [0.15, 0.2) is 38.8 Å². The van der Waals surface area contributed by atoms with Gasteiger partial charge in [0, 0.05) is 11.4 Å². The van der Waals surface area contributed by atoms with Gasteiger partial charge in [0.25, 0.3) is 5.91 Å². The minimum Gasteiger partial charge on any atom is -0.459 e. The molecule has 3 aromatic heterocycles. The maximum absolute atomic E-state index is 11.9. The van der Waals surface area contributed by atoms with Gasteiger partial charge in [-0.25, -0.2) is 4.98 Å². The van der Waals surface area contributed by atoms with Crippen molar-refractivity contribution in [1.29, 1.82) is 0 Å². The quantitative estimate of drug-likeness (QED) is 0.742. The summed E-state index contributed by atoms with van der Waals surface area (Å²) in [6.07, 6.45) is 1.48. The highest BCUT2D eigenvalue weighted by Crippen LogP contribution is 2.17. The van der Waals surface area contributed by atoms with E-state index in [1.54, 1.807) is 30.5 Å². The van der Waals surface area contributed by atoms with E-state index in [0.29, 0.717) is 22.4 Å². The van der Waals surface area contributed by atoms with Gasteiger partial charge in [-0.1, -0.05) is 5.16 Å². The lowest BCUT2D eigenvalue weighted by Gasteiger charge is -1.99. The van der Waals surface area contributed by atoms with Gasteiger partial charge in [0.1, 0.15) is 5.76 Å². The van der Waals surface area contributed by atoms with E-state index in [4.69, 9.17) is 8.94 Å². The van der Waals surface area contributed by atoms with Gasteiger partial charge in [-0.2, -0.15) is 0 Å². The third-order valence-electron chi connectivity index (χ3n) is 2.75. The number of aromatic nitrogens is 2. The van der Waals surface area contributed by atoms with Gasteiger partial charge in [0.2, 0.25) is 5.91 Å². The molecule has 0 aromatic carbocycles. The molecule has 8 nitrogen and oxygen atoms in total. The van der Waals surface area contributed by atoms with E-state index in [9.17, 15) is 9.59 Å². The zero-order valence-corrected chi connectivity index (χ0v) is 12.8. The molecule has 9 heteroatoms. The van der Waals surface area contributed by atoms with Crippen molar-refractivity contribution in [2.24, 2.45) is 0 Å². The fourth-order valence-corrected chi connectivity index (χ4v) is 2.49. The molecule has 118 valence electrons. The number of anilines is 2. The highest BCUT2D eigenvalue weighted by atomic mass is 32.1. The number of carbonyl (C=O) groups is 2. The van der Waals surface area contributed by atoms with Gasteiger partial charge in [-0.15, -0.1) is 11.3 Å². The summed E-state index contributed by atoms with van der Waals surface area (Å²) in [6.45, 7) is 1.73. The van der Waals surface area contributed by atoms with Crippen LogP contribution in [0.5, 0.6) is 0 Å². The van der Waals surface area contributed by atoms with Gasteiger partial charge in [-0.05, 0) is 19.1 Å². The van der Waals surface area contributed by atoms with Crippen molar-refractivity contribution in [2.45, 2.75) is 13.3 Å². The van der Waals surface area contributed by atoms with Gasteiger partial charge in [0.15, 0.2) is 16.7 Å². The maximum Gasteiger partial charge on any atom is 0.293 e. The Bertz CT molecular complexity index is 822. The van der Waals surface area contributed by atoms with Crippen LogP contribution in [0.4, 0.5) is 10.9 Å². The zero-order chi connectivity index (χ0) is 16.2. The van der Waals surface area contributed by atoms with E-state index >= 15 is 0 Å². The number of aryl methyl sites for hydroxylation is 1. The van der Waals surface area contributed by atoms with Crippen molar-refractivity contribution in [3.05, 3.63) is 47.1 Å². The first-order valence-electron chi connectivity index (χ1n) is 6.62. The second-order valence-electron chi connectivity index (χ2n) is 4.62. The first-order chi connectivity index (χ1) is 11.1. The first kappa shape index (κ1) is 15.0. The topological polar surface area (TPSA) is 110 Å². The zero-order valence-electron chi connectivity index (χ0n) is 12.0. The van der Waals surface area contributed by atoms with Gasteiger partial charge >= 0.3 is 0 Å². The lowest BCUT2D eigenvalue weighted by molar-refractivity contribution is -0.115. The Morgan fingerprint density at radius 1 is 1.35 bits per heavy atom. The number of furan rings is 1. The third kappa shape index (κ3) is 3.83. The lowest BCUT2D eigenvalue weighted by atomic mass is 10.3. The van der Waals surface area contributed by atoms with Crippen LogP contribution in [0.25, 0.3) is 0 Å². The Morgan fingerprint density at radius 3 is 2.91 bits per heavy atom. The standard InChI is InChI=1S/C14H12N4O4S/c1-8-5-11(18-22-8)16-12(19)6-9-7-23-14(15-9)17-13(20)10-3-2-4-21-10/h2-5,7H,6H2,1H3,(H,15,17,20)(H,16,18,19). The first-order valence-corrected chi connectivity index (χ1v) is 7.50. The summed E-state index contributed by atoms with van der Waals surface area (Å²) in [5.74, 6) is 0.498. The predicted octanol–water partition coefficient (Wildman–Crippen LogP) is 2.47. The third-order valence-corrected chi connectivity index (χ3v) is 3.56. The van der Waals surface area contributed by atoms with Gasteiger partial charge < -0.3 is 14.3 Å². The Morgan fingerprint density at radius 2 is 2.22 bits per heavy atom. The minimum atomic E-state index is -0.390. The number of hydrogen-bond donors (Lipinski definition) is 2. The van der Waals surface area contributed by atoms with Gasteiger partial charge in [-0.3, -0.25) is 14.9 Å². The molecular weight excluding hydrogens is 320 g/mol. The molecule has 0 spiro atoms. The van der Waals surface area contributed by atoms with Crippen molar-refractivity contribution in [3.63, 3.8) is 0 Å². The van der Waals surface area contributed by atoms with E-state index in [-0.39, 0.29) is 18.1 Å². The average Bonchev–Trinajstić information content (AvgIpc) is 3.21. The van der Waals surface area contributed by atoms with Crippen molar-refractivity contribution < 1.29 is 18.5 Å². The van der Waals surface area contributed by atoms with Crippen molar-refractivity contribution in [3.8, 4) is 0 Å². The highest BCUT2D eigenvalue weighted by molar-refractivity contribution is 7.14. The average molecular weight is 332 g/mol. The predicted molar refractivity (Wildman–Crippen MR) is 82.3 cm³/mol. The summed E-state index contributed by atoms with van der Waals surface area (Å²) in [7, 11) is 0. The van der Waals surface area contributed by atoms with Crippen molar-refractivity contribution in [2.75, 3.05) is 10.6 Å². The van der Waals surface area contributed by atoms with Crippen LogP contribution in [0.2, 0.25) is 0 Å². The number of hydrogen-bond acceptors (Lipinski definition) is 7. The van der Waals surface area contributed by atoms with E-state index in [0.717, 1.165) is 0 Å². The normalized spacial score (nSPS) is 10.5. The number of nitrogens with one attached hydrogen (secondary N) is 2. The smallest absolute Gasteiger partial charge is 0.293 e. The minimum absolute atomic E-state index is 0.0685. The fraction of sp³-hybridized carbons (Fsp3) is 0.143. The summed E-state index contributed by atoms with van der Waals surface area (Å²) in [6, 6.07) is 4.79. The molecule has 0 aliphatic rings. The van der Waals surface area contributed by atoms with Crippen LogP contribution < -0.4 is 10.6 Å². The van der Waals surface area contributed by atoms with Crippen LogP contribution in [0, 0.1) is 6.92 Å². The van der Waals surface area contributed by atoms with Crippen LogP contribution in [-0.4, -0.2) is 22.0 Å². The molecule has 0 aliphatic carbocycles. The molecule has 0 saturated heterocycles. The summed E-state index contributed by atoms with van der Waals surface area (Å²) in [5, 5.41) is 11.0. The summed E-state index contributed by atoms with van der Waals surface area (Å²) < 4.78 is 9.86. The molecule has 3 heterocycles. The second kappa shape index (κ2) is 6.44. The number of carbonyl (C=O) groups excluding carboxylic acids is 2. The van der Waals surface area contributed by atoms with Crippen LogP contribution in [0.1, 0.15) is 22.0 Å². The second-order valence-corrected chi connectivity index (χ2v) is 5.48. The SMILES string of the molecule is Cc1cc(NC(=O)Cc2csc(NC(=O)c3ccco3)n2)no1. The molecule has 3 aromatic rings. The molecule has 0 radical (unpaired) electrons. The monoisotopic (exact) mass is 332 g/mol. The number of thiazole rings is 1. The molecule has 0 aliphatic heterocycles. The molecule has 0 bridgehead atoms. The number of amides is 2. The Labute approximate surface area is 134 Å². The molecule has 2 amide bonds. The molecule has 0 atom stereocenters.